The van der Waals surface area contributed by atoms with Crippen LogP contribution < -0.4 is 20.5 Å². The van der Waals surface area contributed by atoms with E-state index in [4.69, 9.17) is 20.2 Å². The van der Waals surface area contributed by atoms with Crippen LogP contribution in [0.25, 0.3) is 0 Å². The van der Waals surface area contributed by atoms with E-state index in [0.29, 0.717) is 18.6 Å². The Morgan fingerprint density at radius 1 is 1.23 bits per heavy atom. The molecule has 7 heteroatoms. The van der Waals surface area contributed by atoms with Gasteiger partial charge < -0.3 is 25.4 Å². The monoisotopic (exact) mass is 378 g/mol. The zero-order valence-corrected chi connectivity index (χ0v) is 16.6. The molecule has 2 aliphatic rings. The normalized spacial score (nSPS) is 22.6. The van der Waals surface area contributed by atoms with Gasteiger partial charge in [0.25, 0.3) is 0 Å². The molecule has 2 heterocycles. The Morgan fingerprint density at radius 3 is 2.77 bits per heavy atom. The van der Waals surface area contributed by atoms with Crippen molar-refractivity contribution >= 4 is 23.4 Å². The first-order valence-corrected chi connectivity index (χ1v) is 10.5. The second kappa shape index (κ2) is 9.37. The zero-order valence-electron chi connectivity index (χ0n) is 15.7. The maximum Gasteiger partial charge on any atom is 0.231 e. The van der Waals surface area contributed by atoms with E-state index >= 15 is 0 Å². The number of hydrogen-bond donors (Lipinski definition) is 2. The molecule has 144 valence electrons. The summed E-state index contributed by atoms with van der Waals surface area (Å²) in [6.45, 7) is 8.51. The Balaban J connectivity index is 1.70. The molecule has 1 aromatic carbocycles. The number of benzene rings is 1. The molecular weight excluding hydrogens is 348 g/mol. The van der Waals surface area contributed by atoms with Crippen molar-refractivity contribution in [3.63, 3.8) is 0 Å². The zero-order chi connectivity index (χ0) is 18.4. The number of nitrogens with zero attached hydrogens (tertiary/aromatic N) is 2. The third kappa shape index (κ3) is 5.20. The summed E-state index contributed by atoms with van der Waals surface area (Å²) in [5, 5.41) is 3.52. The van der Waals surface area contributed by atoms with Crippen molar-refractivity contribution in [2.24, 2.45) is 22.6 Å². The lowest BCUT2D eigenvalue weighted by Gasteiger charge is -2.37. The molecule has 3 rings (SSSR count). The van der Waals surface area contributed by atoms with Crippen molar-refractivity contribution < 1.29 is 9.47 Å². The van der Waals surface area contributed by atoms with Gasteiger partial charge in [0.05, 0.1) is 6.54 Å². The lowest BCUT2D eigenvalue weighted by molar-refractivity contribution is 0.174. The first kappa shape index (κ1) is 19.2. The summed E-state index contributed by atoms with van der Waals surface area (Å²) in [4.78, 5) is 7.26. The third-order valence-corrected chi connectivity index (χ3v) is 5.55. The summed E-state index contributed by atoms with van der Waals surface area (Å²) in [7, 11) is 0. The van der Waals surface area contributed by atoms with Gasteiger partial charge in [-0.1, -0.05) is 13.8 Å². The summed E-state index contributed by atoms with van der Waals surface area (Å²) in [5.74, 6) is 5.86. The molecule has 2 aliphatic heterocycles. The Morgan fingerprint density at radius 2 is 2.00 bits per heavy atom. The minimum Gasteiger partial charge on any atom is -0.454 e. The van der Waals surface area contributed by atoms with Crippen molar-refractivity contribution in [1.82, 2.24) is 4.90 Å². The molecule has 6 nitrogen and oxygen atoms in total. The maximum atomic E-state index is 5.57. The quantitative estimate of drug-likeness (QED) is 0.451. The predicted molar refractivity (Wildman–Crippen MR) is 109 cm³/mol. The second-order valence-corrected chi connectivity index (χ2v) is 8.38. The number of thioether (sulfide) groups is 1. The maximum absolute atomic E-state index is 5.57. The highest BCUT2D eigenvalue weighted by molar-refractivity contribution is 7.99. The van der Waals surface area contributed by atoms with Crippen LogP contribution in [0.5, 0.6) is 11.5 Å². The summed E-state index contributed by atoms with van der Waals surface area (Å²) >= 11 is 1.85. The van der Waals surface area contributed by atoms with E-state index in [9.17, 15) is 0 Å². The van der Waals surface area contributed by atoms with Crippen LogP contribution in [0.4, 0.5) is 5.69 Å². The molecule has 0 aromatic heterocycles. The van der Waals surface area contributed by atoms with E-state index in [0.717, 1.165) is 60.8 Å². The largest absolute Gasteiger partial charge is 0.454 e. The van der Waals surface area contributed by atoms with E-state index in [1.165, 1.54) is 6.42 Å². The van der Waals surface area contributed by atoms with Crippen LogP contribution in [0.3, 0.4) is 0 Å². The third-order valence-electron chi connectivity index (χ3n) is 4.56. The van der Waals surface area contributed by atoms with E-state index in [-0.39, 0.29) is 0 Å². The summed E-state index contributed by atoms with van der Waals surface area (Å²) < 4.78 is 10.9. The lowest BCUT2D eigenvalue weighted by atomic mass is 9.92. The van der Waals surface area contributed by atoms with Crippen LogP contribution in [0.15, 0.2) is 23.2 Å². The molecule has 1 fully saturated rings. The number of nitrogens with two attached hydrogens (primary N) is 1. The van der Waals surface area contributed by atoms with Crippen LogP contribution in [0.2, 0.25) is 0 Å². The minimum absolute atomic E-state index is 0.291. The van der Waals surface area contributed by atoms with Gasteiger partial charge in [0.1, 0.15) is 0 Å². The van der Waals surface area contributed by atoms with E-state index in [1.807, 2.05) is 30.0 Å². The molecule has 0 spiro atoms. The molecule has 1 aromatic rings. The number of anilines is 1. The summed E-state index contributed by atoms with van der Waals surface area (Å²) in [6, 6.07) is 5.95. The van der Waals surface area contributed by atoms with Gasteiger partial charge in [-0.2, -0.15) is 11.8 Å². The molecule has 0 saturated carbocycles. The number of ether oxygens (including phenoxy) is 2. The smallest absolute Gasteiger partial charge is 0.231 e. The summed E-state index contributed by atoms with van der Waals surface area (Å²) in [6.07, 6.45) is 1.28. The molecular formula is C19H30N4O2S. The van der Waals surface area contributed by atoms with Crippen LogP contribution >= 0.6 is 11.8 Å². The number of fused-ring (bicyclic) bond motifs is 1. The molecule has 26 heavy (non-hydrogen) atoms. The summed E-state index contributed by atoms with van der Waals surface area (Å²) in [5.41, 5.74) is 6.55. The molecule has 0 radical (unpaired) electrons. The van der Waals surface area contributed by atoms with Crippen LogP contribution in [0.1, 0.15) is 20.3 Å². The number of piperidine rings is 1. The number of guanidine groups is 1. The molecule has 0 amide bonds. The Hall–Kier alpha value is -1.60. The van der Waals surface area contributed by atoms with Crippen molar-refractivity contribution in [2.45, 2.75) is 20.3 Å². The van der Waals surface area contributed by atoms with E-state index in [2.05, 4.69) is 24.1 Å². The van der Waals surface area contributed by atoms with Gasteiger partial charge in [0, 0.05) is 42.9 Å². The van der Waals surface area contributed by atoms with Gasteiger partial charge >= 0.3 is 0 Å². The fourth-order valence-corrected chi connectivity index (χ4v) is 4.15. The Kier molecular flexibility index (Phi) is 6.91. The topological polar surface area (TPSA) is 72.1 Å². The van der Waals surface area contributed by atoms with Gasteiger partial charge in [-0.15, -0.1) is 0 Å². The van der Waals surface area contributed by atoms with Gasteiger partial charge in [0.15, 0.2) is 17.5 Å². The highest BCUT2D eigenvalue weighted by Crippen LogP contribution is 2.34. The molecule has 0 aliphatic carbocycles. The van der Waals surface area contributed by atoms with Crippen LogP contribution in [-0.2, 0) is 0 Å². The van der Waals surface area contributed by atoms with Crippen molar-refractivity contribution in [1.29, 1.82) is 0 Å². The first-order chi connectivity index (χ1) is 12.7. The van der Waals surface area contributed by atoms with E-state index in [1.54, 1.807) is 0 Å². The molecule has 0 bridgehead atoms. The van der Waals surface area contributed by atoms with Crippen molar-refractivity contribution in [2.75, 3.05) is 49.8 Å². The first-order valence-electron chi connectivity index (χ1n) is 9.39. The average molecular weight is 379 g/mol. The molecule has 1 saturated heterocycles. The highest BCUT2D eigenvalue weighted by Gasteiger charge is 2.24. The molecule has 2 atom stereocenters. The molecule has 3 N–H and O–H groups in total. The highest BCUT2D eigenvalue weighted by atomic mass is 32.2. The Bertz CT molecular complexity index is 616. The van der Waals surface area contributed by atoms with Gasteiger partial charge in [-0.05, 0) is 30.4 Å². The van der Waals surface area contributed by atoms with Gasteiger partial charge in [-0.3, -0.25) is 4.99 Å². The standard InChI is InChI=1S/C19H30N4O2S/c1-14-9-15(2)12-23(11-14)19(21-6-8-26-7-5-20)22-16-3-4-17-18(10-16)25-13-24-17/h3-4,10,14-15H,5-9,11-13,20H2,1-2H3,(H,21,22). The number of nitrogens with one attached hydrogen (secondary N) is 1. The fraction of sp³-hybridized carbons (Fsp3) is 0.632. The minimum atomic E-state index is 0.291. The number of rotatable bonds is 6. The number of aliphatic imine (C=N–C) groups is 1. The van der Waals surface area contributed by atoms with Crippen molar-refractivity contribution in [3.8, 4) is 11.5 Å². The van der Waals surface area contributed by atoms with Gasteiger partial charge in [-0.25, -0.2) is 0 Å². The van der Waals surface area contributed by atoms with Crippen LogP contribution in [-0.4, -0.2) is 55.3 Å². The predicted octanol–water partition coefficient (Wildman–Crippen LogP) is 2.85. The average Bonchev–Trinajstić information content (AvgIpc) is 3.07. The Labute approximate surface area is 160 Å². The fourth-order valence-electron chi connectivity index (χ4n) is 3.56. The van der Waals surface area contributed by atoms with Crippen LogP contribution in [0, 0.1) is 11.8 Å². The van der Waals surface area contributed by atoms with E-state index < -0.39 is 0 Å². The van der Waals surface area contributed by atoms with Crippen molar-refractivity contribution in [3.05, 3.63) is 18.2 Å². The second-order valence-electron chi connectivity index (χ2n) is 7.15. The van der Waals surface area contributed by atoms with Gasteiger partial charge in [0.2, 0.25) is 6.79 Å². The number of likely N-dealkylation sites (tertiary alicyclic amines) is 1. The number of hydrogen-bond acceptors (Lipinski definition) is 5. The molecule has 2 unspecified atom stereocenters. The SMILES string of the molecule is CC1CC(C)CN(C(=NCCSCCN)Nc2ccc3c(c2)OCO3)C1. The lowest BCUT2D eigenvalue weighted by Crippen LogP contribution is -2.45.